The number of hydrogen-bond acceptors (Lipinski definition) is 11. The van der Waals surface area contributed by atoms with Gasteiger partial charge < -0.3 is 52.1 Å². The second-order valence-electron chi connectivity index (χ2n) is 18.2. The van der Waals surface area contributed by atoms with Gasteiger partial charge in [0.05, 0.1) is 59.5 Å². The molecule has 2 aliphatic rings. The molecule has 11 nitrogen and oxygen atoms in total. The van der Waals surface area contributed by atoms with Crippen LogP contribution in [0.1, 0.15) is 38.9 Å². The standard InChI is InChI=1S/C62H66O11/c1-63-61-59(69-42-51-33-19-7-20-34-51)57(67-40-49-29-15-5-16-30-49)56(66-39-48-27-13-4-14-28-48)54(72-61)45-71-62-60(70-43-52-35-21-8-22-36-52)58(68-41-50-31-17-6-18-32-50)55(65-38-47-25-11-3-12-26-47)53(73-62)44-64-37-46-23-9-2-10-24-46/h2-36,53-62H,37-45H2,1H3/t53-,54-,55-,56-,57+,58+,59+,60+,61+,62+/m1/s1. The van der Waals surface area contributed by atoms with Crippen LogP contribution in [0, 0.1) is 0 Å². The summed E-state index contributed by atoms with van der Waals surface area (Å²) < 4.78 is 75.2. The fourth-order valence-corrected chi connectivity index (χ4v) is 9.14. The monoisotopic (exact) mass is 986 g/mol. The van der Waals surface area contributed by atoms with Gasteiger partial charge in [0.15, 0.2) is 12.6 Å². The maximum atomic E-state index is 7.10. The minimum atomic E-state index is -0.999. The second kappa shape index (κ2) is 28.0. The molecule has 2 heterocycles. The van der Waals surface area contributed by atoms with Crippen LogP contribution in [0.25, 0.3) is 0 Å². The Morgan fingerprint density at radius 2 is 0.534 bits per heavy atom. The zero-order chi connectivity index (χ0) is 49.7. The molecule has 0 saturated carbocycles. The van der Waals surface area contributed by atoms with Gasteiger partial charge in [0.2, 0.25) is 0 Å². The zero-order valence-corrected chi connectivity index (χ0v) is 41.3. The maximum absolute atomic E-state index is 7.10. The van der Waals surface area contributed by atoms with Crippen molar-refractivity contribution in [3.8, 4) is 0 Å². The largest absolute Gasteiger partial charge is 0.374 e. The summed E-state index contributed by atoms with van der Waals surface area (Å²) in [5.41, 5.74) is 7.00. The van der Waals surface area contributed by atoms with Gasteiger partial charge in [-0.25, -0.2) is 0 Å². The first kappa shape index (κ1) is 52.0. The van der Waals surface area contributed by atoms with Gasteiger partial charge >= 0.3 is 0 Å². The summed E-state index contributed by atoms with van der Waals surface area (Å²) in [6, 6.07) is 70.4. The molecule has 0 spiro atoms. The average molecular weight is 987 g/mol. The molecule has 0 N–H and O–H groups in total. The third-order valence-corrected chi connectivity index (χ3v) is 12.9. The van der Waals surface area contributed by atoms with E-state index < -0.39 is 61.4 Å². The Bertz CT molecular complexity index is 2560. The molecule has 380 valence electrons. The summed E-state index contributed by atoms with van der Waals surface area (Å²) >= 11 is 0. The van der Waals surface area contributed by atoms with Crippen molar-refractivity contribution in [2.24, 2.45) is 0 Å². The fraction of sp³-hybridized carbons (Fsp3) is 0.323. The molecule has 0 unspecified atom stereocenters. The highest BCUT2D eigenvalue weighted by atomic mass is 16.7. The van der Waals surface area contributed by atoms with Crippen LogP contribution in [0.5, 0.6) is 0 Å². The number of benzene rings is 7. The third-order valence-electron chi connectivity index (χ3n) is 12.9. The number of methoxy groups -OCH3 is 1. The van der Waals surface area contributed by atoms with Crippen LogP contribution in [-0.4, -0.2) is 81.7 Å². The van der Waals surface area contributed by atoms with E-state index in [0.717, 1.165) is 38.9 Å². The molecule has 0 bridgehead atoms. The number of ether oxygens (including phenoxy) is 11. The Kier molecular flexibility index (Phi) is 19.9. The first-order valence-corrected chi connectivity index (χ1v) is 25.2. The molecule has 0 aliphatic carbocycles. The van der Waals surface area contributed by atoms with Crippen molar-refractivity contribution < 1.29 is 52.1 Å². The van der Waals surface area contributed by atoms with Crippen LogP contribution in [0.3, 0.4) is 0 Å². The lowest BCUT2D eigenvalue weighted by atomic mass is 9.96. The Labute approximate surface area is 429 Å². The summed E-state index contributed by atoms with van der Waals surface area (Å²) in [6.45, 7) is 2.25. The Balaban J connectivity index is 1.05. The maximum Gasteiger partial charge on any atom is 0.187 e. The molecule has 0 aromatic heterocycles. The Morgan fingerprint density at radius 3 is 0.863 bits per heavy atom. The minimum Gasteiger partial charge on any atom is -0.374 e. The van der Waals surface area contributed by atoms with Gasteiger partial charge in [-0.1, -0.05) is 212 Å². The molecule has 9 rings (SSSR count). The van der Waals surface area contributed by atoms with Gasteiger partial charge in [0.25, 0.3) is 0 Å². The molecule has 10 atom stereocenters. The highest BCUT2D eigenvalue weighted by molar-refractivity contribution is 5.19. The number of rotatable bonds is 26. The third kappa shape index (κ3) is 15.3. The average Bonchev–Trinajstić information content (AvgIpc) is 3.45. The van der Waals surface area contributed by atoms with E-state index in [4.69, 9.17) is 52.1 Å². The normalized spacial score (nSPS) is 24.0. The van der Waals surface area contributed by atoms with Crippen LogP contribution >= 0.6 is 0 Å². The predicted octanol–water partition coefficient (Wildman–Crippen LogP) is 10.8. The predicted molar refractivity (Wildman–Crippen MR) is 276 cm³/mol. The topological polar surface area (TPSA) is 102 Å². The number of hydrogen-bond donors (Lipinski definition) is 0. The van der Waals surface area contributed by atoms with E-state index in [2.05, 4.69) is 0 Å². The molecule has 11 heteroatoms. The van der Waals surface area contributed by atoms with E-state index in [1.54, 1.807) is 7.11 Å². The van der Waals surface area contributed by atoms with Crippen LogP contribution in [-0.2, 0) is 98.4 Å². The Hall–Kier alpha value is -5.90. The lowest BCUT2D eigenvalue weighted by Gasteiger charge is -2.48. The quantitative estimate of drug-likeness (QED) is 0.0518. The smallest absolute Gasteiger partial charge is 0.187 e. The van der Waals surface area contributed by atoms with Crippen molar-refractivity contribution in [3.05, 3.63) is 251 Å². The minimum absolute atomic E-state index is 0.00960. The highest BCUT2D eigenvalue weighted by Gasteiger charge is 2.52. The SMILES string of the molecule is CO[C@H]1O[C@H](CO[C@H]2O[C@H](COCc3ccccc3)[C@@H](OCc3ccccc3)[C@H](OCc3ccccc3)[C@@H]2OCc2ccccc2)[C@@H](OCc2ccccc2)[C@H](OCc2ccccc2)[C@@H]1OCc1ccccc1. The molecule has 73 heavy (non-hydrogen) atoms. The van der Waals surface area contributed by atoms with Crippen molar-refractivity contribution in [1.29, 1.82) is 0 Å². The van der Waals surface area contributed by atoms with Gasteiger partial charge in [0, 0.05) is 7.11 Å². The van der Waals surface area contributed by atoms with Gasteiger partial charge in [0.1, 0.15) is 48.8 Å². The lowest BCUT2D eigenvalue weighted by Crippen LogP contribution is -2.64. The van der Waals surface area contributed by atoms with Crippen molar-refractivity contribution >= 4 is 0 Å². The van der Waals surface area contributed by atoms with Crippen molar-refractivity contribution in [2.75, 3.05) is 20.3 Å². The molecule has 0 amide bonds. The van der Waals surface area contributed by atoms with Crippen molar-refractivity contribution in [2.45, 2.75) is 108 Å². The van der Waals surface area contributed by atoms with Crippen molar-refractivity contribution in [1.82, 2.24) is 0 Å². The van der Waals surface area contributed by atoms with Gasteiger partial charge in [-0.2, -0.15) is 0 Å². The van der Waals surface area contributed by atoms with Crippen LogP contribution in [0.4, 0.5) is 0 Å². The van der Waals surface area contributed by atoms with Gasteiger partial charge in [-0.3, -0.25) is 0 Å². The van der Waals surface area contributed by atoms with Crippen LogP contribution < -0.4 is 0 Å². The van der Waals surface area contributed by atoms with Gasteiger partial charge in [-0.05, 0) is 38.9 Å². The first-order valence-electron chi connectivity index (χ1n) is 25.2. The summed E-state index contributed by atoms with van der Waals surface area (Å²) in [5.74, 6) is 0. The van der Waals surface area contributed by atoms with E-state index in [1.165, 1.54) is 0 Å². The van der Waals surface area contributed by atoms with E-state index in [1.807, 2.05) is 212 Å². The van der Waals surface area contributed by atoms with Crippen molar-refractivity contribution in [3.63, 3.8) is 0 Å². The molecule has 7 aromatic carbocycles. The molecular weight excluding hydrogens is 921 g/mol. The Morgan fingerprint density at radius 1 is 0.274 bits per heavy atom. The molecule has 2 fully saturated rings. The van der Waals surface area contributed by atoms with E-state index in [9.17, 15) is 0 Å². The molecular formula is C62H66O11. The lowest BCUT2D eigenvalue weighted by molar-refractivity contribution is -0.351. The van der Waals surface area contributed by atoms with E-state index in [0.29, 0.717) is 26.4 Å². The molecule has 2 aliphatic heterocycles. The summed E-state index contributed by atoms with van der Waals surface area (Å²) in [4.78, 5) is 0. The van der Waals surface area contributed by atoms with E-state index in [-0.39, 0.29) is 33.0 Å². The van der Waals surface area contributed by atoms with E-state index >= 15 is 0 Å². The van der Waals surface area contributed by atoms with Gasteiger partial charge in [-0.15, -0.1) is 0 Å². The van der Waals surface area contributed by atoms with Crippen LogP contribution in [0.15, 0.2) is 212 Å². The highest BCUT2D eigenvalue weighted by Crippen LogP contribution is 2.35. The zero-order valence-electron chi connectivity index (χ0n) is 41.3. The fourth-order valence-electron chi connectivity index (χ4n) is 9.14. The molecule has 0 radical (unpaired) electrons. The summed E-state index contributed by atoms with van der Waals surface area (Å²) in [6.07, 6.45) is -7.47. The van der Waals surface area contributed by atoms with Crippen LogP contribution in [0.2, 0.25) is 0 Å². The summed E-state index contributed by atoms with van der Waals surface area (Å²) in [5, 5.41) is 0. The second-order valence-corrected chi connectivity index (χ2v) is 18.2. The first-order chi connectivity index (χ1) is 36.2. The summed E-state index contributed by atoms with van der Waals surface area (Å²) in [7, 11) is 1.61. The molecule has 7 aromatic rings. The molecule has 2 saturated heterocycles.